The number of urea groups is 1. The summed E-state index contributed by atoms with van der Waals surface area (Å²) in [6, 6.07) is 4.85. The minimum atomic E-state index is -0.784. The third-order valence-electron chi connectivity index (χ3n) is 4.60. The minimum absolute atomic E-state index is 0.0711. The van der Waals surface area contributed by atoms with Crippen LogP contribution in [0, 0.1) is 29.9 Å². The zero-order valence-electron chi connectivity index (χ0n) is 15.2. The molecule has 6 nitrogen and oxygen atoms in total. The molecule has 1 aliphatic rings. The van der Waals surface area contributed by atoms with E-state index in [9.17, 15) is 18.7 Å². The lowest BCUT2D eigenvalue weighted by Gasteiger charge is -2.28. The van der Waals surface area contributed by atoms with E-state index in [2.05, 4.69) is 10.3 Å². The second kappa shape index (κ2) is 8.05. The third kappa shape index (κ3) is 4.09. The normalized spacial score (nSPS) is 13.8. The number of aromatic hydroxyl groups is 1. The molecule has 28 heavy (non-hydrogen) atoms. The van der Waals surface area contributed by atoms with Gasteiger partial charge in [-0.15, -0.1) is 0 Å². The highest BCUT2D eigenvalue weighted by atomic mass is 19.1. The van der Waals surface area contributed by atoms with Gasteiger partial charge in [0.05, 0.1) is 23.0 Å². The number of carbonyl (C=O) groups excluding carboxylic acids is 1. The molecule has 0 saturated carbocycles. The van der Waals surface area contributed by atoms with Crippen molar-refractivity contribution in [2.75, 3.05) is 18.4 Å². The number of nitrogens with one attached hydrogen (secondary N) is 1. The third-order valence-corrected chi connectivity index (χ3v) is 4.60. The van der Waals surface area contributed by atoms with Gasteiger partial charge in [0.1, 0.15) is 11.6 Å². The number of carbonyl (C=O) groups is 1. The minimum Gasteiger partial charge on any atom is -0.504 e. The van der Waals surface area contributed by atoms with E-state index in [1.165, 1.54) is 18.3 Å². The van der Waals surface area contributed by atoms with Crippen molar-refractivity contribution in [3.8, 4) is 11.8 Å². The zero-order valence-corrected chi connectivity index (χ0v) is 15.2. The van der Waals surface area contributed by atoms with Crippen molar-refractivity contribution in [1.82, 2.24) is 9.88 Å². The highest BCUT2D eigenvalue weighted by Gasteiger charge is 2.21. The van der Waals surface area contributed by atoms with E-state index in [0.717, 1.165) is 17.7 Å². The number of halogens is 2. The summed E-state index contributed by atoms with van der Waals surface area (Å²) in [5, 5.41) is 21.3. The second-order valence-electron chi connectivity index (χ2n) is 6.48. The summed E-state index contributed by atoms with van der Waals surface area (Å²) >= 11 is 0. The number of anilines is 1. The molecule has 2 N–H and O–H groups in total. The van der Waals surface area contributed by atoms with Gasteiger partial charge in [0.2, 0.25) is 0 Å². The number of hydrogen-bond acceptors (Lipinski definition) is 4. The van der Waals surface area contributed by atoms with Crippen LogP contribution in [0.3, 0.4) is 0 Å². The number of pyridine rings is 1. The summed E-state index contributed by atoms with van der Waals surface area (Å²) in [4.78, 5) is 17.9. The molecule has 144 valence electrons. The highest BCUT2D eigenvalue weighted by Crippen LogP contribution is 2.27. The first kappa shape index (κ1) is 19.3. The topological polar surface area (TPSA) is 89.3 Å². The summed E-state index contributed by atoms with van der Waals surface area (Å²) in [6.45, 7) is 2.38. The first-order valence-corrected chi connectivity index (χ1v) is 8.68. The van der Waals surface area contributed by atoms with Crippen molar-refractivity contribution in [2.24, 2.45) is 0 Å². The maximum Gasteiger partial charge on any atom is 0.321 e. The summed E-state index contributed by atoms with van der Waals surface area (Å²) in [5.74, 6) is -1.65. The molecule has 0 spiro atoms. The van der Waals surface area contributed by atoms with Crippen LogP contribution in [-0.4, -0.2) is 34.1 Å². The summed E-state index contributed by atoms with van der Waals surface area (Å²) in [7, 11) is 0. The molecule has 2 aromatic rings. The Labute approximate surface area is 160 Å². The van der Waals surface area contributed by atoms with Crippen LogP contribution in [0.4, 0.5) is 19.3 Å². The van der Waals surface area contributed by atoms with Gasteiger partial charge in [-0.2, -0.15) is 5.26 Å². The number of aryl methyl sites for hydroxylation is 1. The monoisotopic (exact) mass is 384 g/mol. The molecule has 0 unspecified atom stereocenters. The maximum atomic E-state index is 14.0. The van der Waals surface area contributed by atoms with Crippen molar-refractivity contribution in [2.45, 2.75) is 19.8 Å². The number of aromatic nitrogens is 1. The molecular weight excluding hydrogens is 366 g/mol. The number of rotatable bonds is 2. The summed E-state index contributed by atoms with van der Waals surface area (Å²) in [5.41, 5.74) is 1.25. The van der Waals surface area contributed by atoms with E-state index in [0.29, 0.717) is 31.6 Å². The molecule has 1 fully saturated rings. The van der Waals surface area contributed by atoms with Gasteiger partial charge in [0.25, 0.3) is 0 Å². The molecule has 8 heteroatoms. The predicted molar refractivity (Wildman–Crippen MR) is 99.5 cm³/mol. The number of piperidine rings is 1. The van der Waals surface area contributed by atoms with E-state index < -0.39 is 11.6 Å². The molecule has 0 bridgehead atoms. The summed E-state index contributed by atoms with van der Waals surface area (Å²) in [6.07, 6.45) is 3.86. The number of nitrogens with zero attached hydrogens (tertiary/aromatic N) is 3. The van der Waals surface area contributed by atoms with Gasteiger partial charge in [-0.3, -0.25) is 4.98 Å². The molecule has 1 saturated heterocycles. The van der Waals surface area contributed by atoms with Crippen LogP contribution in [-0.2, 0) is 0 Å². The van der Waals surface area contributed by atoms with Gasteiger partial charge >= 0.3 is 6.03 Å². The predicted octanol–water partition coefficient (Wildman–Crippen LogP) is 3.96. The maximum absolute atomic E-state index is 14.0. The van der Waals surface area contributed by atoms with E-state index in [1.807, 2.05) is 0 Å². The number of likely N-dealkylation sites (tertiary alicyclic amines) is 1. The Morgan fingerprint density at radius 3 is 2.57 bits per heavy atom. The fourth-order valence-corrected chi connectivity index (χ4v) is 2.99. The molecule has 0 aliphatic carbocycles. The van der Waals surface area contributed by atoms with Crippen molar-refractivity contribution in [1.29, 1.82) is 5.26 Å². The Morgan fingerprint density at radius 2 is 1.96 bits per heavy atom. The fourth-order valence-electron chi connectivity index (χ4n) is 2.99. The van der Waals surface area contributed by atoms with Gasteiger partial charge in [0.15, 0.2) is 5.75 Å². The standard InChI is InChI=1S/C20H18F2N4O2/c1-12-19(27)18(2-5-24-12)25-20(28)26-6-3-13(4-7-26)8-15-16(21)9-14(11-23)10-17(15)22/h2,5,8-10,27H,3-4,6-7H2,1H3,(H,24,25,28). The van der Waals surface area contributed by atoms with Crippen molar-refractivity contribution in [3.63, 3.8) is 0 Å². The number of benzene rings is 1. The summed E-state index contributed by atoms with van der Waals surface area (Å²) < 4.78 is 28.1. The Balaban J connectivity index is 1.66. The van der Waals surface area contributed by atoms with Crippen molar-refractivity contribution >= 4 is 17.8 Å². The Bertz CT molecular complexity index is 965. The molecule has 2 heterocycles. The molecule has 1 aromatic carbocycles. The van der Waals surface area contributed by atoms with Gasteiger partial charge < -0.3 is 15.3 Å². The first-order chi connectivity index (χ1) is 13.4. The fraction of sp³-hybridized carbons (Fsp3) is 0.250. The van der Waals surface area contributed by atoms with Crippen molar-refractivity contribution in [3.05, 3.63) is 58.4 Å². The Hall–Kier alpha value is -3.47. The molecule has 1 aromatic heterocycles. The van der Waals surface area contributed by atoms with Crippen LogP contribution in [0.25, 0.3) is 6.08 Å². The number of amides is 2. The number of nitriles is 1. The average molecular weight is 384 g/mol. The lowest BCUT2D eigenvalue weighted by Crippen LogP contribution is -2.39. The Kier molecular flexibility index (Phi) is 5.54. The largest absolute Gasteiger partial charge is 0.504 e. The van der Waals surface area contributed by atoms with Gasteiger partial charge in [-0.25, -0.2) is 13.6 Å². The van der Waals surface area contributed by atoms with E-state index in [1.54, 1.807) is 17.9 Å². The smallest absolute Gasteiger partial charge is 0.321 e. The quantitative estimate of drug-likeness (QED) is 0.820. The highest BCUT2D eigenvalue weighted by molar-refractivity contribution is 5.91. The van der Waals surface area contributed by atoms with Crippen LogP contribution in [0.1, 0.15) is 29.7 Å². The number of hydrogen-bond donors (Lipinski definition) is 2. The van der Waals surface area contributed by atoms with Crippen LogP contribution in [0.15, 0.2) is 30.0 Å². The molecule has 2 amide bonds. The molecule has 1 aliphatic heterocycles. The molecule has 0 atom stereocenters. The van der Waals surface area contributed by atoms with E-state index in [-0.39, 0.29) is 28.6 Å². The van der Waals surface area contributed by atoms with Gasteiger partial charge in [0, 0.05) is 24.8 Å². The lowest BCUT2D eigenvalue weighted by molar-refractivity contribution is 0.207. The van der Waals surface area contributed by atoms with E-state index in [4.69, 9.17) is 5.26 Å². The first-order valence-electron chi connectivity index (χ1n) is 8.68. The molecule has 3 rings (SSSR count). The second-order valence-corrected chi connectivity index (χ2v) is 6.48. The van der Waals surface area contributed by atoms with Crippen LogP contribution < -0.4 is 5.32 Å². The molecule has 0 radical (unpaired) electrons. The van der Waals surface area contributed by atoms with E-state index >= 15 is 0 Å². The van der Waals surface area contributed by atoms with Crippen LogP contribution in [0.2, 0.25) is 0 Å². The Morgan fingerprint density at radius 1 is 1.32 bits per heavy atom. The lowest BCUT2D eigenvalue weighted by atomic mass is 10.00. The van der Waals surface area contributed by atoms with Gasteiger partial charge in [-0.05, 0) is 44.0 Å². The molecular formula is C20H18F2N4O2. The van der Waals surface area contributed by atoms with Crippen molar-refractivity contribution < 1.29 is 18.7 Å². The zero-order chi connectivity index (χ0) is 20.3. The van der Waals surface area contributed by atoms with Crippen LogP contribution >= 0.6 is 0 Å². The SMILES string of the molecule is Cc1nccc(NC(=O)N2CCC(=Cc3c(F)cc(C#N)cc3F)CC2)c1O. The average Bonchev–Trinajstić information content (AvgIpc) is 2.68. The van der Waals surface area contributed by atoms with Crippen LogP contribution in [0.5, 0.6) is 5.75 Å². The van der Waals surface area contributed by atoms with Gasteiger partial charge in [-0.1, -0.05) is 5.57 Å².